The Kier molecular flexibility index (Phi) is 4.82. The van der Waals surface area contributed by atoms with Crippen molar-refractivity contribution in [2.75, 3.05) is 0 Å². The first-order valence-corrected chi connectivity index (χ1v) is 11.5. The predicted molar refractivity (Wildman–Crippen MR) is 106 cm³/mol. The van der Waals surface area contributed by atoms with Crippen LogP contribution in [0.25, 0.3) is 0 Å². The van der Waals surface area contributed by atoms with Gasteiger partial charge in [0, 0.05) is 12.8 Å². The highest BCUT2D eigenvalue weighted by atomic mass is 16.3. The van der Waals surface area contributed by atoms with Crippen LogP contribution in [-0.4, -0.2) is 17.0 Å². The lowest BCUT2D eigenvalue weighted by atomic mass is 9.44. The summed E-state index contributed by atoms with van der Waals surface area (Å²) in [6.45, 7) is 9.85. The zero-order valence-corrected chi connectivity index (χ0v) is 17.5. The zero-order chi connectivity index (χ0) is 18.7. The zero-order valence-electron chi connectivity index (χ0n) is 17.5. The van der Waals surface area contributed by atoms with Gasteiger partial charge in [0.25, 0.3) is 0 Å². The third-order valence-corrected chi connectivity index (χ3v) is 10.0. The van der Waals surface area contributed by atoms with Gasteiger partial charge in [-0.25, -0.2) is 0 Å². The van der Waals surface area contributed by atoms with Crippen LogP contribution in [0.1, 0.15) is 91.9 Å². The molecule has 1 N–H and O–H groups in total. The van der Waals surface area contributed by atoms with Crippen molar-refractivity contribution in [2.24, 2.45) is 46.3 Å². The summed E-state index contributed by atoms with van der Waals surface area (Å²) in [6, 6.07) is 0. The highest BCUT2D eigenvalue weighted by Crippen LogP contribution is 2.68. The lowest BCUT2D eigenvalue weighted by Crippen LogP contribution is -2.58. The van der Waals surface area contributed by atoms with Crippen molar-refractivity contribution in [3.05, 3.63) is 0 Å². The van der Waals surface area contributed by atoms with Gasteiger partial charge in [0.2, 0.25) is 0 Å². The first kappa shape index (κ1) is 19.0. The van der Waals surface area contributed by atoms with Crippen molar-refractivity contribution < 1.29 is 9.90 Å². The van der Waals surface area contributed by atoms with Crippen molar-refractivity contribution in [3.8, 4) is 0 Å². The fraction of sp³-hybridized carbons (Fsp3) is 0.958. The topological polar surface area (TPSA) is 37.3 Å². The van der Waals surface area contributed by atoms with E-state index in [2.05, 4.69) is 27.7 Å². The smallest absolute Gasteiger partial charge is 0.133 e. The predicted octanol–water partition coefficient (Wildman–Crippen LogP) is 5.62. The van der Waals surface area contributed by atoms with Crippen molar-refractivity contribution in [1.82, 2.24) is 0 Å². The maximum atomic E-state index is 12.1. The van der Waals surface area contributed by atoms with Crippen LogP contribution in [0.2, 0.25) is 0 Å². The fourth-order valence-electron chi connectivity index (χ4n) is 8.72. The van der Waals surface area contributed by atoms with E-state index in [1.807, 2.05) is 0 Å². The number of aliphatic hydroxyl groups excluding tert-OH is 1. The van der Waals surface area contributed by atoms with Gasteiger partial charge in [-0.1, -0.05) is 40.5 Å². The quantitative estimate of drug-likeness (QED) is 0.709. The van der Waals surface area contributed by atoms with Crippen LogP contribution >= 0.6 is 0 Å². The van der Waals surface area contributed by atoms with Crippen molar-refractivity contribution in [1.29, 1.82) is 0 Å². The van der Waals surface area contributed by atoms with E-state index in [1.165, 1.54) is 38.5 Å². The summed E-state index contributed by atoms with van der Waals surface area (Å²) in [5.74, 6) is 4.57. The van der Waals surface area contributed by atoms with Gasteiger partial charge in [0.15, 0.2) is 0 Å². The number of Topliss-reactive ketones (excluding diaryl/α,β-unsaturated/α-hetero) is 1. The standard InChI is InChI=1S/C24H40O2/c1-5-6-15(2)18-7-8-19-17-14-22(26)21-13-16(25)9-11-24(21,4)20(17)10-12-23(18,19)3/h15,17-22,26H,5-14H2,1-4H3/t15-,17?,18-,19?,20?,21?,22+,23-,24-/m1/s1. The molecule has 26 heavy (non-hydrogen) atoms. The monoisotopic (exact) mass is 360 g/mol. The molecule has 9 atom stereocenters. The minimum Gasteiger partial charge on any atom is -0.393 e. The molecule has 0 amide bonds. The molecule has 2 heteroatoms. The van der Waals surface area contributed by atoms with Gasteiger partial charge in [-0.05, 0) is 84.9 Å². The van der Waals surface area contributed by atoms with E-state index >= 15 is 0 Å². The lowest BCUT2D eigenvalue weighted by Gasteiger charge is -2.61. The Balaban J connectivity index is 1.60. The van der Waals surface area contributed by atoms with E-state index in [0.717, 1.165) is 42.9 Å². The van der Waals surface area contributed by atoms with Crippen LogP contribution in [0.4, 0.5) is 0 Å². The summed E-state index contributed by atoms with van der Waals surface area (Å²) in [6.07, 6.45) is 11.3. The average Bonchev–Trinajstić information content (AvgIpc) is 2.94. The van der Waals surface area contributed by atoms with Crippen molar-refractivity contribution in [2.45, 2.75) is 98.0 Å². The molecule has 4 rings (SSSR count). The Morgan fingerprint density at radius 2 is 1.81 bits per heavy atom. The lowest BCUT2D eigenvalue weighted by molar-refractivity contribution is -0.166. The maximum absolute atomic E-state index is 12.1. The third kappa shape index (κ3) is 2.65. The van der Waals surface area contributed by atoms with Crippen LogP contribution in [0, 0.1) is 46.3 Å². The molecule has 4 aliphatic rings. The van der Waals surface area contributed by atoms with E-state index in [4.69, 9.17) is 0 Å². The Bertz CT molecular complexity index is 556. The first-order valence-electron chi connectivity index (χ1n) is 11.5. The fourth-order valence-corrected chi connectivity index (χ4v) is 8.72. The Hall–Kier alpha value is -0.370. The summed E-state index contributed by atoms with van der Waals surface area (Å²) in [4.78, 5) is 12.1. The summed E-state index contributed by atoms with van der Waals surface area (Å²) in [5, 5.41) is 11.0. The number of fused-ring (bicyclic) bond motifs is 5. The molecule has 0 bridgehead atoms. The molecule has 4 saturated carbocycles. The van der Waals surface area contributed by atoms with Gasteiger partial charge in [0.05, 0.1) is 6.10 Å². The molecule has 4 fully saturated rings. The number of carbonyl (C=O) groups excluding carboxylic acids is 1. The molecule has 0 aromatic carbocycles. The molecule has 4 unspecified atom stereocenters. The van der Waals surface area contributed by atoms with Gasteiger partial charge in [-0.15, -0.1) is 0 Å². The van der Waals surface area contributed by atoms with Crippen LogP contribution in [0.5, 0.6) is 0 Å². The molecule has 0 heterocycles. The van der Waals surface area contributed by atoms with Gasteiger partial charge < -0.3 is 5.11 Å². The van der Waals surface area contributed by atoms with Crippen LogP contribution < -0.4 is 0 Å². The van der Waals surface area contributed by atoms with Gasteiger partial charge >= 0.3 is 0 Å². The summed E-state index contributed by atoms with van der Waals surface area (Å²) in [5.41, 5.74) is 0.688. The second-order valence-electron chi connectivity index (χ2n) is 11.0. The molecule has 4 aliphatic carbocycles. The molecule has 0 spiro atoms. The Morgan fingerprint density at radius 3 is 2.54 bits per heavy atom. The normalized spacial score (nSPS) is 52.1. The minimum absolute atomic E-state index is 0.199. The third-order valence-electron chi connectivity index (χ3n) is 10.0. The van der Waals surface area contributed by atoms with Gasteiger partial charge in [-0.3, -0.25) is 4.79 Å². The second-order valence-corrected chi connectivity index (χ2v) is 11.0. The van der Waals surface area contributed by atoms with E-state index in [-0.39, 0.29) is 17.4 Å². The highest BCUT2D eigenvalue weighted by Gasteiger charge is 2.62. The summed E-state index contributed by atoms with van der Waals surface area (Å²) < 4.78 is 0. The van der Waals surface area contributed by atoms with E-state index in [9.17, 15) is 9.90 Å². The molecule has 0 saturated heterocycles. The maximum Gasteiger partial charge on any atom is 0.133 e. The van der Waals surface area contributed by atoms with Crippen molar-refractivity contribution >= 4 is 5.78 Å². The second kappa shape index (κ2) is 6.61. The van der Waals surface area contributed by atoms with Crippen LogP contribution in [-0.2, 0) is 4.79 Å². The Morgan fingerprint density at radius 1 is 1.08 bits per heavy atom. The minimum atomic E-state index is -0.250. The molecular weight excluding hydrogens is 320 g/mol. The van der Waals surface area contributed by atoms with Crippen LogP contribution in [0.3, 0.4) is 0 Å². The van der Waals surface area contributed by atoms with Gasteiger partial charge in [0.1, 0.15) is 5.78 Å². The highest BCUT2D eigenvalue weighted by molar-refractivity contribution is 5.79. The van der Waals surface area contributed by atoms with E-state index in [1.54, 1.807) is 0 Å². The molecule has 2 nitrogen and oxygen atoms in total. The summed E-state index contributed by atoms with van der Waals surface area (Å²) >= 11 is 0. The number of hydrogen-bond acceptors (Lipinski definition) is 2. The Labute approximate surface area is 160 Å². The van der Waals surface area contributed by atoms with Crippen molar-refractivity contribution in [3.63, 3.8) is 0 Å². The largest absolute Gasteiger partial charge is 0.393 e. The number of aliphatic hydroxyl groups is 1. The molecule has 0 aromatic heterocycles. The van der Waals surface area contributed by atoms with E-state index < -0.39 is 0 Å². The van der Waals surface area contributed by atoms with Crippen LogP contribution in [0.15, 0.2) is 0 Å². The number of rotatable bonds is 3. The molecular formula is C24H40O2. The summed E-state index contributed by atoms with van der Waals surface area (Å²) in [7, 11) is 0. The SMILES string of the molecule is CCC[C@@H](C)[C@H]1CCC2C3C[C@H](O)C4CC(=O)CC[C@]4(C)C3CC[C@@]21C. The van der Waals surface area contributed by atoms with Gasteiger partial charge in [-0.2, -0.15) is 0 Å². The number of carbonyl (C=O) groups is 1. The first-order chi connectivity index (χ1) is 12.3. The molecule has 0 radical (unpaired) electrons. The van der Waals surface area contributed by atoms with E-state index in [0.29, 0.717) is 23.5 Å². The molecule has 0 aromatic rings. The molecule has 0 aliphatic heterocycles. The average molecular weight is 361 g/mol. The number of hydrogen-bond donors (Lipinski definition) is 1. The molecule has 148 valence electrons. The number of ketones is 1.